The molecule has 1 aromatic heterocycles. The number of carbonyl (C=O) groups is 2. The fourth-order valence-electron chi connectivity index (χ4n) is 2.56. The molecule has 10 heteroatoms. The number of hydrogen-bond donors (Lipinski definition) is 1. The molecule has 0 aliphatic carbocycles. The van der Waals surface area contributed by atoms with Crippen LogP contribution in [0.2, 0.25) is 10.0 Å². The number of halogens is 2. The standard InChI is InChI=1S/C21H17Cl2NO7/c1-28-7-6-24-20(26)15-8-12-2-4-14(10-17(12)31-21(15)27)30-19(25)11-29-18-9-13(22)3-5-16(18)23/h2-5,8-10H,6-7,11H2,1H3,(H,24,26). The average molecular weight is 466 g/mol. The van der Waals surface area contributed by atoms with Gasteiger partial charge in [-0.25, -0.2) is 9.59 Å². The predicted molar refractivity (Wildman–Crippen MR) is 114 cm³/mol. The third-order valence-electron chi connectivity index (χ3n) is 4.01. The molecule has 1 amide bonds. The molecule has 0 saturated carbocycles. The largest absolute Gasteiger partial charge is 0.480 e. The first-order chi connectivity index (χ1) is 14.9. The molecule has 0 fully saturated rings. The number of hydrogen-bond acceptors (Lipinski definition) is 7. The van der Waals surface area contributed by atoms with Crippen LogP contribution >= 0.6 is 23.2 Å². The van der Waals surface area contributed by atoms with Gasteiger partial charge in [0, 0.05) is 36.2 Å². The molecule has 1 N–H and O–H groups in total. The van der Waals surface area contributed by atoms with Crippen LogP contribution in [0.5, 0.6) is 11.5 Å². The topological polar surface area (TPSA) is 104 Å². The van der Waals surface area contributed by atoms with Crippen LogP contribution in [0.1, 0.15) is 10.4 Å². The lowest BCUT2D eigenvalue weighted by Crippen LogP contribution is -2.30. The minimum atomic E-state index is -0.815. The van der Waals surface area contributed by atoms with Gasteiger partial charge in [-0.1, -0.05) is 23.2 Å². The first-order valence-electron chi connectivity index (χ1n) is 9.01. The zero-order valence-corrected chi connectivity index (χ0v) is 17.8. The smallest absolute Gasteiger partial charge is 0.349 e. The Hall–Kier alpha value is -3.07. The first-order valence-corrected chi connectivity index (χ1v) is 9.76. The van der Waals surface area contributed by atoms with Crippen molar-refractivity contribution < 1.29 is 28.2 Å². The molecule has 2 aromatic carbocycles. The van der Waals surface area contributed by atoms with Crippen molar-refractivity contribution in [1.82, 2.24) is 5.32 Å². The Bertz CT molecular complexity index is 1180. The number of fused-ring (bicyclic) bond motifs is 1. The van der Waals surface area contributed by atoms with E-state index in [1.54, 1.807) is 18.2 Å². The van der Waals surface area contributed by atoms with E-state index < -0.39 is 24.1 Å². The Kier molecular flexibility index (Phi) is 7.51. The fourth-order valence-corrected chi connectivity index (χ4v) is 2.89. The minimum Gasteiger partial charge on any atom is -0.480 e. The number of amides is 1. The Morgan fingerprint density at radius 2 is 1.90 bits per heavy atom. The molecular weight excluding hydrogens is 449 g/mol. The van der Waals surface area contributed by atoms with E-state index in [2.05, 4.69) is 5.32 Å². The van der Waals surface area contributed by atoms with E-state index in [1.807, 2.05) is 0 Å². The van der Waals surface area contributed by atoms with Gasteiger partial charge in [0.05, 0.1) is 11.6 Å². The van der Waals surface area contributed by atoms with Crippen LogP contribution in [0, 0.1) is 0 Å². The van der Waals surface area contributed by atoms with Crippen LogP contribution < -0.4 is 20.4 Å². The molecule has 162 valence electrons. The van der Waals surface area contributed by atoms with Gasteiger partial charge >= 0.3 is 11.6 Å². The number of nitrogens with one attached hydrogen (secondary N) is 1. The van der Waals surface area contributed by atoms with Crippen LogP contribution in [-0.2, 0) is 9.53 Å². The Balaban J connectivity index is 1.68. The van der Waals surface area contributed by atoms with Crippen LogP contribution in [0.3, 0.4) is 0 Å². The molecule has 0 saturated heterocycles. The quantitative estimate of drug-likeness (QED) is 0.235. The highest BCUT2D eigenvalue weighted by Gasteiger charge is 2.15. The molecular formula is C21H17Cl2NO7. The van der Waals surface area contributed by atoms with Crippen LogP contribution in [-0.4, -0.2) is 38.7 Å². The summed E-state index contributed by atoms with van der Waals surface area (Å²) in [7, 11) is 1.50. The number of carbonyl (C=O) groups excluding carboxylic acids is 2. The number of benzene rings is 2. The maximum atomic E-state index is 12.1. The van der Waals surface area contributed by atoms with E-state index in [1.165, 1.54) is 31.4 Å². The Morgan fingerprint density at radius 3 is 2.68 bits per heavy atom. The van der Waals surface area contributed by atoms with Gasteiger partial charge in [-0.15, -0.1) is 0 Å². The van der Waals surface area contributed by atoms with E-state index in [4.69, 9.17) is 41.8 Å². The van der Waals surface area contributed by atoms with E-state index in [-0.39, 0.29) is 29.2 Å². The zero-order valence-electron chi connectivity index (χ0n) is 16.3. The van der Waals surface area contributed by atoms with Gasteiger partial charge in [0.25, 0.3) is 5.91 Å². The summed E-state index contributed by atoms with van der Waals surface area (Å²) in [5.41, 5.74) is -0.799. The number of esters is 1. The summed E-state index contributed by atoms with van der Waals surface area (Å²) in [6.45, 7) is 0.152. The Morgan fingerprint density at radius 1 is 1.10 bits per heavy atom. The van der Waals surface area contributed by atoms with Crippen LogP contribution in [0.25, 0.3) is 11.0 Å². The summed E-state index contributed by atoms with van der Waals surface area (Å²) >= 11 is 11.8. The minimum absolute atomic E-state index is 0.138. The van der Waals surface area contributed by atoms with E-state index in [0.717, 1.165) is 0 Å². The highest BCUT2D eigenvalue weighted by atomic mass is 35.5. The van der Waals surface area contributed by atoms with Crippen LogP contribution in [0.15, 0.2) is 51.7 Å². The van der Waals surface area contributed by atoms with E-state index in [0.29, 0.717) is 22.0 Å². The molecule has 0 radical (unpaired) electrons. The lowest BCUT2D eigenvalue weighted by atomic mass is 10.1. The third-order valence-corrected chi connectivity index (χ3v) is 4.56. The van der Waals surface area contributed by atoms with Gasteiger partial charge in [-0.3, -0.25) is 4.79 Å². The predicted octanol–water partition coefficient (Wildman–Crippen LogP) is 3.46. The van der Waals surface area contributed by atoms with Crippen LogP contribution in [0.4, 0.5) is 0 Å². The highest BCUT2D eigenvalue weighted by Crippen LogP contribution is 2.27. The van der Waals surface area contributed by atoms with Crippen molar-refractivity contribution in [2.45, 2.75) is 0 Å². The summed E-state index contributed by atoms with van der Waals surface area (Å²) < 4.78 is 20.6. The molecule has 31 heavy (non-hydrogen) atoms. The van der Waals surface area contributed by atoms with Gasteiger partial charge in [0.1, 0.15) is 22.6 Å². The number of ether oxygens (including phenoxy) is 3. The van der Waals surface area contributed by atoms with Crippen molar-refractivity contribution in [2.24, 2.45) is 0 Å². The number of methoxy groups -OCH3 is 1. The Labute approximate surface area is 186 Å². The second-order valence-electron chi connectivity index (χ2n) is 6.23. The summed E-state index contributed by atoms with van der Waals surface area (Å²) in [5, 5.41) is 3.74. The van der Waals surface area contributed by atoms with Gasteiger partial charge in [0.2, 0.25) is 0 Å². The maximum Gasteiger partial charge on any atom is 0.349 e. The molecule has 8 nitrogen and oxygen atoms in total. The summed E-state index contributed by atoms with van der Waals surface area (Å²) in [4.78, 5) is 36.3. The van der Waals surface area contributed by atoms with Gasteiger partial charge in [0.15, 0.2) is 6.61 Å². The van der Waals surface area contributed by atoms with Crippen molar-refractivity contribution >= 4 is 46.0 Å². The van der Waals surface area contributed by atoms with Gasteiger partial charge in [-0.05, 0) is 30.3 Å². The second kappa shape index (κ2) is 10.3. The van der Waals surface area contributed by atoms with E-state index >= 15 is 0 Å². The molecule has 3 rings (SSSR count). The van der Waals surface area contributed by atoms with Gasteiger partial charge in [-0.2, -0.15) is 0 Å². The normalized spacial score (nSPS) is 10.7. The van der Waals surface area contributed by atoms with Crippen molar-refractivity contribution in [3.05, 3.63) is 68.5 Å². The number of rotatable bonds is 8. The maximum absolute atomic E-state index is 12.1. The molecule has 0 aliphatic heterocycles. The monoisotopic (exact) mass is 465 g/mol. The van der Waals surface area contributed by atoms with Crippen molar-refractivity contribution in [3.8, 4) is 11.5 Å². The molecule has 0 spiro atoms. The zero-order chi connectivity index (χ0) is 22.4. The van der Waals surface area contributed by atoms with Crippen molar-refractivity contribution in [2.75, 3.05) is 26.9 Å². The van der Waals surface area contributed by atoms with E-state index in [9.17, 15) is 14.4 Å². The average Bonchev–Trinajstić information content (AvgIpc) is 2.74. The molecule has 0 aliphatic rings. The molecule has 0 atom stereocenters. The second-order valence-corrected chi connectivity index (χ2v) is 7.08. The SMILES string of the molecule is COCCNC(=O)c1cc2ccc(OC(=O)COc3cc(Cl)ccc3Cl)cc2oc1=O. The highest BCUT2D eigenvalue weighted by molar-refractivity contribution is 6.34. The van der Waals surface area contributed by atoms with Crippen molar-refractivity contribution in [3.63, 3.8) is 0 Å². The molecule has 0 unspecified atom stereocenters. The lowest BCUT2D eigenvalue weighted by molar-refractivity contribution is -0.136. The lowest BCUT2D eigenvalue weighted by Gasteiger charge is -2.09. The first kappa shape index (κ1) is 22.6. The summed E-state index contributed by atoms with van der Waals surface area (Å²) in [6, 6.07) is 10.4. The molecule has 1 heterocycles. The summed E-state index contributed by atoms with van der Waals surface area (Å²) in [5.74, 6) is -0.891. The van der Waals surface area contributed by atoms with Gasteiger partial charge < -0.3 is 23.9 Å². The molecule has 3 aromatic rings. The summed E-state index contributed by atoms with van der Waals surface area (Å²) in [6.07, 6.45) is 0. The fraction of sp³-hybridized carbons (Fsp3) is 0.190. The molecule has 0 bridgehead atoms. The van der Waals surface area contributed by atoms with Crippen molar-refractivity contribution in [1.29, 1.82) is 0 Å². The third kappa shape index (κ3) is 5.97.